The number of hydrogen-bond donors (Lipinski definition) is 2. The lowest BCUT2D eigenvalue weighted by Crippen LogP contribution is -2.37. The van der Waals surface area contributed by atoms with Crippen LogP contribution in [0.25, 0.3) is 0 Å². The van der Waals surface area contributed by atoms with E-state index in [0.29, 0.717) is 6.42 Å². The number of esters is 1. The number of ether oxygens (including phenoxy) is 1. The van der Waals surface area contributed by atoms with Crippen LogP contribution in [0.15, 0.2) is 0 Å². The molecule has 0 aromatic rings. The number of hydrogen-bond acceptors (Lipinski definition) is 4. The Labute approximate surface area is 93.2 Å². The van der Waals surface area contributed by atoms with Crippen molar-refractivity contribution in [2.75, 3.05) is 13.3 Å². The van der Waals surface area contributed by atoms with Crippen LogP contribution in [0.2, 0.25) is 0 Å². The first-order chi connectivity index (χ1) is 7.43. The van der Waals surface area contributed by atoms with E-state index in [1.165, 1.54) is 0 Å². The Morgan fingerprint density at radius 2 is 2.00 bits per heavy atom. The van der Waals surface area contributed by atoms with Gasteiger partial charge in [0.25, 0.3) is 0 Å². The molecular weight excluding hydrogens is 219 g/mol. The highest BCUT2D eigenvalue weighted by atomic mass is 19.1. The molecule has 0 heterocycles. The molecule has 0 rings (SSSR count). The number of aliphatic hydroxyl groups is 1. The molecule has 16 heavy (non-hydrogen) atoms. The summed E-state index contributed by atoms with van der Waals surface area (Å²) in [6.45, 7) is 0.823. The van der Waals surface area contributed by atoms with Crippen molar-refractivity contribution in [3.05, 3.63) is 0 Å². The monoisotopic (exact) mass is 236 g/mol. The predicted molar refractivity (Wildman–Crippen MR) is 53.7 cm³/mol. The SMILES string of the molecule is CCCCOC(=O)CC(O)(CF)CC(=O)O. The average Bonchev–Trinajstić information content (AvgIpc) is 2.16. The van der Waals surface area contributed by atoms with Gasteiger partial charge in [-0.15, -0.1) is 0 Å². The van der Waals surface area contributed by atoms with Gasteiger partial charge in [-0.3, -0.25) is 9.59 Å². The Hall–Kier alpha value is -1.17. The van der Waals surface area contributed by atoms with Crippen molar-refractivity contribution in [2.24, 2.45) is 0 Å². The Morgan fingerprint density at radius 3 is 2.44 bits per heavy atom. The maximum Gasteiger partial charge on any atom is 0.308 e. The van der Waals surface area contributed by atoms with Gasteiger partial charge in [0.2, 0.25) is 0 Å². The van der Waals surface area contributed by atoms with Gasteiger partial charge in [0.05, 0.1) is 19.4 Å². The molecule has 0 aliphatic carbocycles. The molecule has 1 unspecified atom stereocenters. The van der Waals surface area contributed by atoms with Gasteiger partial charge in [-0.2, -0.15) is 0 Å². The minimum Gasteiger partial charge on any atom is -0.481 e. The average molecular weight is 236 g/mol. The van der Waals surface area contributed by atoms with Gasteiger partial charge in [-0.25, -0.2) is 4.39 Å². The second kappa shape index (κ2) is 7.16. The topological polar surface area (TPSA) is 83.8 Å². The first kappa shape index (κ1) is 14.8. The van der Waals surface area contributed by atoms with Gasteiger partial charge >= 0.3 is 11.9 Å². The van der Waals surface area contributed by atoms with E-state index in [2.05, 4.69) is 0 Å². The number of carboxylic acids is 1. The van der Waals surface area contributed by atoms with Crippen molar-refractivity contribution in [1.29, 1.82) is 0 Å². The number of carbonyl (C=O) groups excluding carboxylic acids is 1. The molecule has 0 amide bonds. The van der Waals surface area contributed by atoms with E-state index >= 15 is 0 Å². The summed E-state index contributed by atoms with van der Waals surface area (Å²) in [4.78, 5) is 21.5. The molecule has 0 saturated heterocycles. The largest absolute Gasteiger partial charge is 0.481 e. The van der Waals surface area contributed by atoms with Crippen molar-refractivity contribution in [3.8, 4) is 0 Å². The maximum absolute atomic E-state index is 12.4. The van der Waals surface area contributed by atoms with Gasteiger partial charge in [-0.1, -0.05) is 13.3 Å². The summed E-state index contributed by atoms with van der Waals surface area (Å²) in [6.07, 6.45) is 0.0698. The van der Waals surface area contributed by atoms with Crippen molar-refractivity contribution in [2.45, 2.75) is 38.2 Å². The number of carboxylic acid groups (broad SMARTS) is 1. The van der Waals surface area contributed by atoms with E-state index in [4.69, 9.17) is 9.84 Å². The van der Waals surface area contributed by atoms with Crippen molar-refractivity contribution in [3.63, 3.8) is 0 Å². The van der Waals surface area contributed by atoms with Crippen LogP contribution in [0.5, 0.6) is 0 Å². The number of alkyl halides is 1. The minimum absolute atomic E-state index is 0.199. The van der Waals surface area contributed by atoms with E-state index in [9.17, 15) is 19.1 Å². The fraction of sp³-hybridized carbons (Fsp3) is 0.800. The third kappa shape index (κ3) is 6.34. The maximum atomic E-state index is 12.4. The first-order valence-electron chi connectivity index (χ1n) is 5.09. The van der Waals surface area contributed by atoms with Crippen molar-refractivity contribution < 1.29 is 28.9 Å². The molecule has 0 aromatic heterocycles. The van der Waals surface area contributed by atoms with Crippen LogP contribution in [0.3, 0.4) is 0 Å². The molecule has 5 nitrogen and oxygen atoms in total. The summed E-state index contributed by atoms with van der Waals surface area (Å²) in [6, 6.07) is 0. The van der Waals surface area contributed by atoms with Gasteiger partial charge in [0.15, 0.2) is 0 Å². The van der Waals surface area contributed by atoms with Gasteiger partial charge < -0.3 is 14.9 Å². The Balaban J connectivity index is 4.09. The molecule has 0 saturated carbocycles. The van der Waals surface area contributed by atoms with Gasteiger partial charge in [0, 0.05) is 0 Å². The number of halogens is 1. The predicted octanol–water partition coefficient (Wildman–Crippen LogP) is 0.895. The molecule has 0 aliphatic heterocycles. The highest BCUT2D eigenvalue weighted by molar-refractivity contribution is 5.74. The summed E-state index contributed by atoms with van der Waals surface area (Å²) in [7, 11) is 0. The van der Waals surface area contributed by atoms with Crippen LogP contribution in [0, 0.1) is 0 Å². The lowest BCUT2D eigenvalue weighted by atomic mass is 9.97. The van der Waals surface area contributed by atoms with Crippen molar-refractivity contribution in [1.82, 2.24) is 0 Å². The molecule has 94 valence electrons. The fourth-order valence-corrected chi connectivity index (χ4v) is 1.09. The Bertz CT molecular complexity index is 243. The number of unbranched alkanes of at least 4 members (excludes halogenated alkanes) is 1. The molecular formula is C10H17FO5. The lowest BCUT2D eigenvalue weighted by Gasteiger charge is -2.21. The zero-order valence-electron chi connectivity index (χ0n) is 9.24. The van der Waals surface area contributed by atoms with Gasteiger partial charge in [0.1, 0.15) is 12.3 Å². The third-order valence-corrected chi connectivity index (χ3v) is 1.96. The highest BCUT2D eigenvalue weighted by Crippen LogP contribution is 2.17. The lowest BCUT2D eigenvalue weighted by molar-refractivity contribution is -0.154. The number of aliphatic carboxylic acids is 1. The van der Waals surface area contributed by atoms with E-state index in [-0.39, 0.29) is 6.61 Å². The van der Waals surface area contributed by atoms with Crippen LogP contribution in [-0.4, -0.2) is 41.0 Å². The van der Waals surface area contributed by atoms with Crippen LogP contribution in [0.4, 0.5) is 4.39 Å². The van der Waals surface area contributed by atoms with Crippen molar-refractivity contribution >= 4 is 11.9 Å². The first-order valence-corrected chi connectivity index (χ1v) is 5.09. The molecule has 0 radical (unpaired) electrons. The third-order valence-electron chi connectivity index (χ3n) is 1.96. The molecule has 0 aliphatic rings. The highest BCUT2D eigenvalue weighted by Gasteiger charge is 2.33. The normalized spacial score (nSPS) is 14.2. The van der Waals surface area contributed by atoms with Crippen LogP contribution < -0.4 is 0 Å². The minimum atomic E-state index is -2.16. The van der Waals surface area contributed by atoms with Crippen LogP contribution in [-0.2, 0) is 14.3 Å². The summed E-state index contributed by atoms with van der Waals surface area (Å²) in [5.74, 6) is -2.14. The molecule has 0 aromatic carbocycles. The van der Waals surface area contributed by atoms with Gasteiger partial charge in [-0.05, 0) is 6.42 Å². The Morgan fingerprint density at radius 1 is 1.38 bits per heavy atom. The van der Waals surface area contributed by atoms with E-state index in [0.717, 1.165) is 6.42 Å². The summed E-state index contributed by atoms with van der Waals surface area (Å²) >= 11 is 0. The van der Waals surface area contributed by atoms with E-state index in [1.807, 2.05) is 6.92 Å². The van der Waals surface area contributed by atoms with Crippen LogP contribution in [0.1, 0.15) is 32.6 Å². The zero-order valence-corrected chi connectivity index (χ0v) is 9.24. The quantitative estimate of drug-likeness (QED) is 0.483. The second-order valence-corrected chi connectivity index (χ2v) is 3.68. The fourth-order valence-electron chi connectivity index (χ4n) is 1.09. The molecule has 0 bridgehead atoms. The number of carbonyl (C=O) groups is 2. The standard InChI is InChI=1S/C10H17FO5/c1-2-3-4-16-9(14)6-10(15,7-11)5-8(12)13/h15H,2-7H2,1H3,(H,12,13). The molecule has 2 N–H and O–H groups in total. The van der Waals surface area contributed by atoms with Crippen LogP contribution >= 0.6 is 0 Å². The summed E-state index contributed by atoms with van der Waals surface area (Å²) < 4.78 is 17.1. The zero-order chi connectivity index (χ0) is 12.6. The molecule has 0 fully saturated rings. The number of rotatable bonds is 8. The molecule has 1 atom stereocenters. The molecule has 6 heteroatoms. The van der Waals surface area contributed by atoms with E-state index in [1.54, 1.807) is 0 Å². The van der Waals surface area contributed by atoms with E-state index < -0.39 is 37.1 Å². The summed E-state index contributed by atoms with van der Waals surface area (Å²) in [5.41, 5.74) is -2.16. The molecule has 0 spiro atoms. The summed E-state index contributed by atoms with van der Waals surface area (Å²) in [5, 5.41) is 17.9. The Kier molecular flexibility index (Phi) is 6.64. The second-order valence-electron chi connectivity index (χ2n) is 3.68. The smallest absolute Gasteiger partial charge is 0.308 e.